The molecule has 0 unspecified atom stereocenters. The van der Waals surface area contributed by atoms with E-state index in [4.69, 9.17) is 0 Å². The maximum absolute atomic E-state index is 10.3. The van der Waals surface area contributed by atoms with E-state index in [9.17, 15) is 5.11 Å². The average Bonchev–Trinajstić information content (AvgIpc) is 3.02. The molecular formula is C22H23IOS. The molecule has 1 aliphatic carbocycles. The summed E-state index contributed by atoms with van der Waals surface area (Å²) in [5.74, 6) is 0.357. The fourth-order valence-electron chi connectivity index (χ4n) is 3.26. The third-order valence-corrected chi connectivity index (χ3v) is 6.77. The normalized spacial score (nSPS) is 13.4. The van der Waals surface area contributed by atoms with Crippen LogP contribution in [0.25, 0.3) is 4.91 Å². The number of hydrogen-bond donors (Lipinski definition) is 1. The first-order valence-electron chi connectivity index (χ1n) is 8.57. The lowest BCUT2D eigenvalue weighted by atomic mass is 10.0. The van der Waals surface area contributed by atoms with Gasteiger partial charge in [-0.05, 0) is 114 Å². The van der Waals surface area contributed by atoms with Crippen molar-refractivity contribution in [3.8, 4) is 5.75 Å². The van der Waals surface area contributed by atoms with Crippen LogP contribution >= 0.6 is 34.4 Å². The second kappa shape index (κ2) is 8.00. The lowest BCUT2D eigenvalue weighted by Crippen LogP contribution is -1.91. The number of benzene rings is 2. The Labute approximate surface area is 168 Å². The standard InChI is InChI=1S/C22H23IOS/c1-14-11-21(23)15(2)10-17(14)8-5-9-25-16(3)20-12-18-6-4-7-19(18)13-22(20)24/h5,9-13,24H,3-4,6-8H2,1-2H3/b9-5+. The van der Waals surface area contributed by atoms with Crippen molar-refractivity contribution in [2.45, 2.75) is 39.5 Å². The van der Waals surface area contributed by atoms with Crippen molar-refractivity contribution in [3.63, 3.8) is 0 Å². The quantitative estimate of drug-likeness (QED) is 0.508. The second-order valence-electron chi connectivity index (χ2n) is 6.64. The maximum Gasteiger partial charge on any atom is 0.124 e. The molecule has 0 spiro atoms. The van der Waals surface area contributed by atoms with Crippen LogP contribution < -0.4 is 0 Å². The molecule has 1 aliphatic rings. The van der Waals surface area contributed by atoms with Crippen LogP contribution in [-0.2, 0) is 19.3 Å². The molecule has 130 valence electrons. The van der Waals surface area contributed by atoms with Crippen molar-refractivity contribution in [3.05, 3.63) is 79.3 Å². The lowest BCUT2D eigenvalue weighted by molar-refractivity contribution is 0.473. The lowest BCUT2D eigenvalue weighted by Gasteiger charge is -2.09. The number of rotatable bonds is 5. The number of aryl methyl sites for hydroxylation is 4. The number of allylic oxidation sites excluding steroid dienone is 1. The van der Waals surface area contributed by atoms with E-state index in [1.807, 2.05) is 6.07 Å². The Balaban J connectivity index is 1.65. The molecule has 0 saturated heterocycles. The molecule has 0 heterocycles. The Morgan fingerprint density at radius 1 is 1.16 bits per heavy atom. The monoisotopic (exact) mass is 462 g/mol. The highest BCUT2D eigenvalue weighted by Gasteiger charge is 2.15. The summed E-state index contributed by atoms with van der Waals surface area (Å²) >= 11 is 3.97. The molecule has 2 aromatic carbocycles. The zero-order valence-corrected chi connectivity index (χ0v) is 17.7. The Morgan fingerprint density at radius 2 is 1.88 bits per heavy atom. The topological polar surface area (TPSA) is 20.2 Å². The van der Waals surface area contributed by atoms with Gasteiger partial charge in [0.25, 0.3) is 0 Å². The SMILES string of the molecule is C=C(S/C=C/Cc1cc(C)c(I)cc1C)c1cc2c(cc1O)CCC2. The average molecular weight is 462 g/mol. The Morgan fingerprint density at radius 3 is 2.64 bits per heavy atom. The fraction of sp³-hybridized carbons (Fsp3) is 0.273. The molecule has 1 nitrogen and oxygen atoms in total. The molecule has 0 radical (unpaired) electrons. The van der Waals surface area contributed by atoms with Crippen LogP contribution in [0, 0.1) is 17.4 Å². The molecule has 25 heavy (non-hydrogen) atoms. The van der Waals surface area contributed by atoms with Crippen LogP contribution in [0.15, 0.2) is 42.3 Å². The van der Waals surface area contributed by atoms with Gasteiger partial charge in [0.1, 0.15) is 5.75 Å². The molecule has 3 rings (SSSR count). The van der Waals surface area contributed by atoms with E-state index in [0.717, 1.165) is 29.7 Å². The van der Waals surface area contributed by atoms with Crippen LogP contribution in [0.4, 0.5) is 0 Å². The molecule has 0 aliphatic heterocycles. The first kappa shape index (κ1) is 18.6. The first-order valence-corrected chi connectivity index (χ1v) is 10.5. The van der Waals surface area contributed by atoms with Crippen LogP contribution in [0.3, 0.4) is 0 Å². The van der Waals surface area contributed by atoms with E-state index >= 15 is 0 Å². The largest absolute Gasteiger partial charge is 0.507 e. The predicted octanol–water partition coefficient (Wildman–Crippen LogP) is 6.56. The number of thioether (sulfide) groups is 1. The van der Waals surface area contributed by atoms with Gasteiger partial charge in [-0.3, -0.25) is 0 Å². The van der Waals surface area contributed by atoms with Gasteiger partial charge in [-0.15, -0.1) is 0 Å². The van der Waals surface area contributed by atoms with Crippen molar-refractivity contribution in [1.82, 2.24) is 0 Å². The van der Waals surface area contributed by atoms with E-state index in [0.29, 0.717) is 5.75 Å². The molecule has 0 bridgehead atoms. The van der Waals surface area contributed by atoms with Gasteiger partial charge in [0.2, 0.25) is 0 Å². The highest BCUT2D eigenvalue weighted by atomic mass is 127. The van der Waals surface area contributed by atoms with E-state index in [-0.39, 0.29) is 0 Å². The van der Waals surface area contributed by atoms with E-state index in [2.05, 4.69) is 72.7 Å². The van der Waals surface area contributed by atoms with Crippen LogP contribution in [-0.4, -0.2) is 5.11 Å². The zero-order chi connectivity index (χ0) is 18.0. The number of phenolic OH excluding ortho intramolecular Hbond substituents is 1. The zero-order valence-electron chi connectivity index (χ0n) is 14.7. The van der Waals surface area contributed by atoms with Crippen molar-refractivity contribution >= 4 is 39.3 Å². The fourth-order valence-corrected chi connectivity index (χ4v) is 4.53. The number of fused-ring (bicyclic) bond motifs is 1. The Hall–Kier alpha value is -1.20. The second-order valence-corrected chi connectivity index (χ2v) is 8.80. The van der Waals surface area contributed by atoms with Crippen LogP contribution in [0.2, 0.25) is 0 Å². The van der Waals surface area contributed by atoms with Crippen molar-refractivity contribution in [2.75, 3.05) is 0 Å². The highest BCUT2D eigenvalue weighted by Crippen LogP contribution is 2.37. The van der Waals surface area contributed by atoms with E-state index in [1.54, 1.807) is 11.8 Å². The molecule has 0 amide bonds. The molecule has 0 atom stereocenters. The van der Waals surface area contributed by atoms with Gasteiger partial charge in [0, 0.05) is 14.0 Å². The molecule has 2 aromatic rings. The number of phenols is 1. The van der Waals surface area contributed by atoms with Crippen molar-refractivity contribution in [1.29, 1.82) is 0 Å². The van der Waals surface area contributed by atoms with Gasteiger partial charge in [-0.25, -0.2) is 0 Å². The molecule has 0 saturated carbocycles. The third-order valence-electron chi connectivity index (χ3n) is 4.77. The summed E-state index contributed by atoms with van der Waals surface area (Å²) in [6.45, 7) is 8.47. The van der Waals surface area contributed by atoms with Gasteiger partial charge in [0.05, 0.1) is 0 Å². The Bertz CT molecular complexity index is 852. The van der Waals surface area contributed by atoms with E-state index in [1.165, 1.54) is 37.8 Å². The van der Waals surface area contributed by atoms with Gasteiger partial charge in [0.15, 0.2) is 0 Å². The van der Waals surface area contributed by atoms with E-state index < -0.39 is 0 Å². The van der Waals surface area contributed by atoms with Gasteiger partial charge in [-0.2, -0.15) is 0 Å². The summed E-state index contributed by atoms with van der Waals surface area (Å²) in [4.78, 5) is 0.902. The number of hydrogen-bond acceptors (Lipinski definition) is 2. The molecule has 0 aromatic heterocycles. The minimum atomic E-state index is 0.357. The highest BCUT2D eigenvalue weighted by molar-refractivity contribution is 14.1. The molecule has 3 heteroatoms. The predicted molar refractivity (Wildman–Crippen MR) is 118 cm³/mol. The summed E-state index contributed by atoms with van der Waals surface area (Å²) in [6, 6.07) is 8.55. The maximum atomic E-state index is 10.3. The van der Waals surface area contributed by atoms with Crippen LogP contribution in [0.5, 0.6) is 5.75 Å². The summed E-state index contributed by atoms with van der Waals surface area (Å²) < 4.78 is 1.32. The summed E-state index contributed by atoms with van der Waals surface area (Å²) in [5, 5.41) is 12.4. The Kier molecular flexibility index (Phi) is 5.95. The minimum Gasteiger partial charge on any atom is -0.507 e. The number of aromatic hydroxyl groups is 1. The van der Waals surface area contributed by atoms with Gasteiger partial charge >= 0.3 is 0 Å². The van der Waals surface area contributed by atoms with Crippen molar-refractivity contribution < 1.29 is 5.11 Å². The molecule has 0 fully saturated rings. The first-order chi connectivity index (χ1) is 12.0. The summed E-state index contributed by atoms with van der Waals surface area (Å²) in [7, 11) is 0. The third kappa shape index (κ3) is 4.32. The molecular weight excluding hydrogens is 439 g/mol. The smallest absolute Gasteiger partial charge is 0.124 e. The molecule has 1 N–H and O–H groups in total. The van der Waals surface area contributed by atoms with Crippen molar-refractivity contribution in [2.24, 2.45) is 0 Å². The van der Waals surface area contributed by atoms with Crippen LogP contribution in [0.1, 0.15) is 39.8 Å². The summed E-state index contributed by atoms with van der Waals surface area (Å²) in [6.07, 6.45) is 6.47. The summed E-state index contributed by atoms with van der Waals surface area (Å²) in [5.41, 5.74) is 7.55. The van der Waals surface area contributed by atoms with Gasteiger partial charge < -0.3 is 5.11 Å². The number of halogens is 1. The minimum absolute atomic E-state index is 0.357. The van der Waals surface area contributed by atoms with Gasteiger partial charge in [-0.1, -0.05) is 30.5 Å².